The van der Waals surface area contributed by atoms with Gasteiger partial charge in [0.1, 0.15) is 11.3 Å². The molecule has 1 fully saturated rings. The third kappa shape index (κ3) is 2.45. The maximum atomic E-state index is 13.1. The van der Waals surface area contributed by atoms with Crippen molar-refractivity contribution in [1.29, 1.82) is 0 Å². The normalized spacial score (nSPS) is 22.1. The molecule has 3 rings (SSSR count). The number of carbonyl (C=O) groups excluding carboxylic acids is 1. The number of nitrogens with one attached hydrogen (secondary N) is 1. The van der Waals surface area contributed by atoms with Gasteiger partial charge in [-0.2, -0.15) is 4.98 Å². The number of rotatable bonds is 3. The molecule has 1 N–H and O–H groups in total. The molecule has 1 aliphatic carbocycles. The van der Waals surface area contributed by atoms with Gasteiger partial charge in [0.15, 0.2) is 5.58 Å². The number of halogens is 1. The second kappa shape index (κ2) is 5.11. The van der Waals surface area contributed by atoms with E-state index in [0.29, 0.717) is 23.5 Å². The quantitative estimate of drug-likeness (QED) is 0.874. The Kier molecular flexibility index (Phi) is 3.30. The number of nitrogens with zero attached hydrogens (tertiary/aromatic N) is 1. The van der Waals surface area contributed by atoms with Gasteiger partial charge in [-0.15, -0.1) is 0 Å². The minimum atomic E-state index is -0.344. The highest BCUT2D eigenvalue weighted by molar-refractivity contribution is 5.74. The van der Waals surface area contributed by atoms with Crippen LogP contribution < -0.4 is 5.32 Å². The molecule has 106 valence electrons. The Labute approximate surface area is 115 Å². The van der Waals surface area contributed by atoms with Gasteiger partial charge in [0.05, 0.1) is 13.0 Å². The summed E-state index contributed by atoms with van der Waals surface area (Å²) >= 11 is 0. The van der Waals surface area contributed by atoms with Crippen molar-refractivity contribution < 1.29 is 18.3 Å². The number of oxazole rings is 1. The molecule has 2 atom stereocenters. The summed E-state index contributed by atoms with van der Waals surface area (Å²) in [5.74, 6) is -0.586. The molecule has 5 nitrogen and oxygen atoms in total. The molecule has 20 heavy (non-hydrogen) atoms. The number of ether oxygens (including phenoxy) is 1. The zero-order valence-corrected chi connectivity index (χ0v) is 11.1. The van der Waals surface area contributed by atoms with E-state index in [1.807, 2.05) is 0 Å². The van der Waals surface area contributed by atoms with Crippen LogP contribution in [0, 0.1) is 11.7 Å². The summed E-state index contributed by atoms with van der Waals surface area (Å²) in [6, 6.07) is 4.70. The van der Waals surface area contributed by atoms with Crippen molar-refractivity contribution in [3.8, 4) is 0 Å². The van der Waals surface area contributed by atoms with Gasteiger partial charge in [-0.3, -0.25) is 4.79 Å². The lowest BCUT2D eigenvalue weighted by molar-refractivity contribution is -0.145. The highest BCUT2D eigenvalue weighted by Crippen LogP contribution is 2.29. The molecule has 1 heterocycles. The van der Waals surface area contributed by atoms with E-state index in [2.05, 4.69) is 10.3 Å². The molecule has 0 amide bonds. The molecule has 0 saturated heterocycles. The molecule has 0 unspecified atom stereocenters. The predicted octanol–water partition coefficient (Wildman–Crippen LogP) is 2.72. The van der Waals surface area contributed by atoms with E-state index in [4.69, 9.17) is 9.15 Å². The minimum absolute atomic E-state index is 0.0701. The van der Waals surface area contributed by atoms with E-state index in [1.54, 1.807) is 6.07 Å². The third-order valence-electron chi connectivity index (χ3n) is 3.64. The zero-order valence-electron chi connectivity index (χ0n) is 11.1. The number of esters is 1. The van der Waals surface area contributed by atoms with Crippen molar-refractivity contribution in [2.24, 2.45) is 5.92 Å². The highest BCUT2D eigenvalue weighted by atomic mass is 19.1. The number of methoxy groups -OCH3 is 1. The Morgan fingerprint density at radius 3 is 3.15 bits per heavy atom. The molecule has 0 bridgehead atoms. The second-order valence-corrected chi connectivity index (χ2v) is 5.01. The van der Waals surface area contributed by atoms with Crippen molar-refractivity contribution in [1.82, 2.24) is 4.98 Å². The molecule has 1 aromatic heterocycles. The van der Waals surface area contributed by atoms with Crippen LogP contribution in [-0.4, -0.2) is 24.1 Å². The lowest BCUT2D eigenvalue weighted by atomic mass is 10.1. The number of hydrogen-bond acceptors (Lipinski definition) is 5. The van der Waals surface area contributed by atoms with Crippen LogP contribution in [0.3, 0.4) is 0 Å². The molecule has 0 radical (unpaired) electrons. The highest BCUT2D eigenvalue weighted by Gasteiger charge is 2.31. The van der Waals surface area contributed by atoms with Gasteiger partial charge in [0.2, 0.25) is 0 Å². The van der Waals surface area contributed by atoms with Crippen molar-refractivity contribution in [3.05, 3.63) is 24.0 Å². The van der Waals surface area contributed by atoms with Gasteiger partial charge in [0, 0.05) is 12.1 Å². The SMILES string of the molecule is COC(=O)[C@H]1CC[C@@H](Nc2nc3cc(F)ccc3o2)C1. The smallest absolute Gasteiger partial charge is 0.308 e. The number of carbonyl (C=O) groups is 1. The first kappa shape index (κ1) is 12.9. The Balaban J connectivity index is 1.69. The molecule has 0 spiro atoms. The summed E-state index contributed by atoms with van der Waals surface area (Å²) in [5, 5.41) is 3.15. The van der Waals surface area contributed by atoms with Crippen molar-refractivity contribution in [2.45, 2.75) is 25.3 Å². The molecule has 1 aromatic carbocycles. The van der Waals surface area contributed by atoms with Crippen LogP contribution in [0.2, 0.25) is 0 Å². The Hall–Kier alpha value is -2.11. The molecule has 1 aliphatic rings. The first-order valence-corrected chi connectivity index (χ1v) is 6.56. The molecule has 6 heteroatoms. The molecule has 2 aromatic rings. The lowest BCUT2D eigenvalue weighted by Crippen LogP contribution is -2.18. The topological polar surface area (TPSA) is 64.4 Å². The van der Waals surface area contributed by atoms with Gasteiger partial charge in [0.25, 0.3) is 6.01 Å². The summed E-state index contributed by atoms with van der Waals surface area (Å²) in [7, 11) is 1.40. The molecular formula is C14H15FN2O3. The summed E-state index contributed by atoms with van der Waals surface area (Å²) in [4.78, 5) is 15.7. The van der Waals surface area contributed by atoms with Crippen molar-refractivity contribution >= 4 is 23.1 Å². The van der Waals surface area contributed by atoms with Gasteiger partial charge in [-0.25, -0.2) is 4.39 Å². The van der Waals surface area contributed by atoms with Gasteiger partial charge in [-0.05, 0) is 31.4 Å². The number of anilines is 1. The van der Waals surface area contributed by atoms with E-state index in [0.717, 1.165) is 12.8 Å². The standard InChI is InChI=1S/C14H15FN2O3/c1-19-13(18)8-2-4-10(6-8)16-14-17-11-7-9(15)3-5-12(11)20-14/h3,5,7-8,10H,2,4,6H2,1H3,(H,16,17)/t8-,10+/m0/s1. The van der Waals surface area contributed by atoms with E-state index in [1.165, 1.54) is 19.2 Å². The maximum Gasteiger partial charge on any atom is 0.308 e. The molecule has 1 saturated carbocycles. The Morgan fingerprint density at radius 1 is 1.50 bits per heavy atom. The largest absolute Gasteiger partial charge is 0.469 e. The monoisotopic (exact) mass is 278 g/mol. The summed E-state index contributed by atoms with van der Waals surface area (Å²) in [5.41, 5.74) is 1.02. The maximum absolute atomic E-state index is 13.1. The van der Waals surface area contributed by atoms with Crippen LogP contribution in [-0.2, 0) is 9.53 Å². The third-order valence-corrected chi connectivity index (χ3v) is 3.64. The zero-order chi connectivity index (χ0) is 14.1. The first-order chi connectivity index (χ1) is 9.65. The van der Waals surface area contributed by atoms with Crippen LogP contribution >= 0.6 is 0 Å². The fourth-order valence-corrected chi connectivity index (χ4v) is 2.63. The molecular weight excluding hydrogens is 263 g/mol. The van der Waals surface area contributed by atoms with Crippen LogP contribution in [0.5, 0.6) is 0 Å². The van der Waals surface area contributed by atoms with Crippen LogP contribution in [0.15, 0.2) is 22.6 Å². The summed E-state index contributed by atoms with van der Waals surface area (Å²) in [6.07, 6.45) is 2.34. The minimum Gasteiger partial charge on any atom is -0.469 e. The van der Waals surface area contributed by atoms with Crippen LogP contribution in [0.25, 0.3) is 11.1 Å². The van der Waals surface area contributed by atoms with Crippen molar-refractivity contribution in [3.63, 3.8) is 0 Å². The van der Waals surface area contributed by atoms with E-state index in [-0.39, 0.29) is 23.7 Å². The number of benzene rings is 1. The van der Waals surface area contributed by atoms with E-state index >= 15 is 0 Å². The number of hydrogen-bond donors (Lipinski definition) is 1. The lowest BCUT2D eigenvalue weighted by Gasteiger charge is -2.10. The Bertz CT molecular complexity index is 640. The second-order valence-electron chi connectivity index (χ2n) is 5.01. The first-order valence-electron chi connectivity index (χ1n) is 6.56. The van der Waals surface area contributed by atoms with E-state index < -0.39 is 0 Å². The Morgan fingerprint density at radius 2 is 2.35 bits per heavy atom. The van der Waals surface area contributed by atoms with Gasteiger partial charge >= 0.3 is 5.97 Å². The van der Waals surface area contributed by atoms with Crippen LogP contribution in [0.4, 0.5) is 10.4 Å². The van der Waals surface area contributed by atoms with Gasteiger partial charge in [-0.1, -0.05) is 0 Å². The van der Waals surface area contributed by atoms with Crippen molar-refractivity contribution in [2.75, 3.05) is 12.4 Å². The fourth-order valence-electron chi connectivity index (χ4n) is 2.63. The van der Waals surface area contributed by atoms with Crippen LogP contribution in [0.1, 0.15) is 19.3 Å². The van der Waals surface area contributed by atoms with Gasteiger partial charge < -0.3 is 14.5 Å². The summed E-state index contributed by atoms with van der Waals surface area (Å²) < 4.78 is 23.3. The number of fused-ring (bicyclic) bond motifs is 1. The predicted molar refractivity (Wildman–Crippen MR) is 70.7 cm³/mol. The average Bonchev–Trinajstić information content (AvgIpc) is 3.04. The summed E-state index contributed by atoms with van der Waals surface area (Å²) in [6.45, 7) is 0. The average molecular weight is 278 g/mol. The fraction of sp³-hybridized carbons (Fsp3) is 0.429. The molecule has 0 aliphatic heterocycles. The number of aromatic nitrogens is 1. The van der Waals surface area contributed by atoms with E-state index in [9.17, 15) is 9.18 Å².